The Balaban J connectivity index is 1.96. The van der Waals surface area contributed by atoms with Crippen molar-refractivity contribution in [2.45, 2.75) is 33.3 Å². The van der Waals surface area contributed by atoms with Crippen LogP contribution in [0, 0.1) is 5.41 Å². The molecular formula is C20H22N4O3. The van der Waals surface area contributed by atoms with E-state index in [1.54, 1.807) is 18.7 Å². The quantitative estimate of drug-likeness (QED) is 0.706. The summed E-state index contributed by atoms with van der Waals surface area (Å²) in [6.45, 7) is 4.52. The predicted molar refractivity (Wildman–Crippen MR) is 99.9 cm³/mol. The summed E-state index contributed by atoms with van der Waals surface area (Å²) in [5.41, 5.74) is 4.33. The first-order chi connectivity index (χ1) is 12.9. The molecule has 7 heteroatoms. The van der Waals surface area contributed by atoms with Gasteiger partial charge in [-0.05, 0) is 29.5 Å². The molecule has 7 nitrogen and oxygen atoms in total. The maximum atomic E-state index is 12.5. The number of carbonyl (C=O) groups excluding carboxylic acids is 1. The highest BCUT2D eigenvalue weighted by Gasteiger charge is 2.35. The molecule has 0 atom stereocenters. The number of methoxy groups -OCH3 is 2. The van der Waals surface area contributed by atoms with Gasteiger partial charge in [0.25, 0.3) is 0 Å². The van der Waals surface area contributed by atoms with Crippen molar-refractivity contribution < 1.29 is 14.3 Å². The molecule has 0 bridgehead atoms. The zero-order chi connectivity index (χ0) is 19.2. The largest absolute Gasteiger partial charge is 0.497 e. The lowest BCUT2D eigenvalue weighted by Crippen LogP contribution is -2.30. The molecule has 0 radical (unpaired) electrons. The summed E-state index contributed by atoms with van der Waals surface area (Å²) in [6.07, 6.45) is 1.19. The van der Waals surface area contributed by atoms with Crippen LogP contribution in [0.15, 0.2) is 24.3 Å². The standard InChI is InChI=1S/C20H22N4O3/c1-20(2)9-15-18(16(25)10-20)21-22-19-17(14(11-26-3)23-24(15)19)12-5-7-13(27-4)8-6-12/h5-8H,9-11H2,1-4H3. The van der Waals surface area contributed by atoms with Crippen molar-refractivity contribution in [3.8, 4) is 16.9 Å². The van der Waals surface area contributed by atoms with Crippen LogP contribution in [0.3, 0.4) is 0 Å². The third-order valence-corrected chi connectivity index (χ3v) is 4.92. The second-order valence-corrected chi connectivity index (χ2v) is 7.65. The Kier molecular flexibility index (Phi) is 4.19. The Morgan fingerprint density at radius 3 is 2.52 bits per heavy atom. The molecule has 27 heavy (non-hydrogen) atoms. The molecule has 1 aliphatic carbocycles. The van der Waals surface area contributed by atoms with Gasteiger partial charge in [0.1, 0.15) is 5.75 Å². The van der Waals surface area contributed by atoms with E-state index in [0.717, 1.165) is 34.7 Å². The fourth-order valence-electron chi connectivity index (χ4n) is 3.69. The maximum Gasteiger partial charge on any atom is 0.185 e. The number of Topliss-reactive ketones (excluding diaryl/α,β-unsaturated/α-hetero) is 1. The normalized spacial score (nSPS) is 15.8. The van der Waals surface area contributed by atoms with Crippen LogP contribution in [0.1, 0.15) is 42.1 Å². The summed E-state index contributed by atoms with van der Waals surface area (Å²) in [5.74, 6) is 0.796. The summed E-state index contributed by atoms with van der Waals surface area (Å²) in [5, 5.41) is 13.4. The third-order valence-electron chi connectivity index (χ3n) is 4.92. The Hall–Kier alpha value is -2.80. The van der Waals surface area contributed by atoms with E-state index in [1.165, 1.54) is 0 Å². The summed E-state index contributed by atoms with van der Waals surface area (Å²) in [4.78, 5) is 12.5. The van der Waals surface area contributed by atoms with Gasteiger partial charge in [0, 0.05) is 13.5 Å². The van der Waals surface area contributed by atoms with Gasteiger partial charge in [0.15, 0.2) is 17.1 Å². The third kappa shape index (κ3) is 2.98. The fraction of sp³-hybridized carbons (Fsp3) is 0.400. The van der Waals surface area contributed by atoms with Crippen molar-refractivity contribution in [2.24, 2.45) is 5.41 Å². The molecule has 2 heterocycles. The number of carbonyl (C=O) groups is 1. The predicted octanol–water partition coefficient (Wildman–Crippen LogP) is 3.10. The average Bonchev–Trinajstić information content (AvgIpc) is 3.00. The van der Waals surface area contributed by atoms with Crippen molar-refractivity contribution in [1.29, 1.82) is 0 Å². The summed E-state index contributed by atoms with van der Waals surface area (Å²) in [7, 11) is 3.27. The Morgan fingerprint density at radius 1 is 1.11 bits per heavy atom. The first-order valence-corrected chi connectivity index (χ1v) is 8.87. The monoisotopic (exact) mass is 366 g/mol. The number of nitrogens with zero attached hydrogens (tertiary/aromatic N) is 4. The maximum absolute atomic E-state index is 12.5. The highest BCUT2D eigenvalue weighted by Crippen LogP contribution is 2.36. The fourth-order valence-corrected chi connectivity index (χ4v) is 3.69. The Morgan fingerprint density at radius 2 is 1.85 bits per heavy atom. The van der Waals surface area contributed by atoms with Crippen LogP contribution in [-0.4, -0.2) is 39.8 Å². The minimum Gasteiger partial charge on any atom is -0.497 e. The van der Waals surface area contributed by atoms with Gasteiger partial charge in [-0.2, -0.15) is 5.10 Å². The van der Waals surface area contributed by atoms with Crippen LogP contribution in [0.5, 0.6) is 5.75 Å². The average molecular weight is 366 g/mol. The van der Waals surface area contributed by atoms with Crippen LogP contribution in [0.25, 0.3) is 16.8 Å². The number of fused-ring (bicyclic) bond motifs is 3. The van der Waals surface area contributed by atoms with E-state index in [9.17, 15) is 4.79 Å². The van der Waals surface area contributed by atoms with Gasteiger partial charge in [-0.25, -0.2) is 4.52 Å². The van der Waals surface area contributed by atoms with Gasteiger partial charge < -0.3 is 9.47 Å². The van der Waals surface area contributed by atoms with Crippen molar-refractivity contribution >= 4 is 11.4 Å². The second-order valence-electron chi connectivity index (χ2n) is 7.65. The lowest BCUT2D eigenvalue weighted by atomic mass is 9.77. The van der Waals surface area contributed by atoms with Crippen LogP contribution in [-0.2, 0) is 17.8 Å². The molecule has 1 aliphatic rings. The minimum atomic E-state index is -0.131. The number of ether oxygens (including phenoxy) is 2. The van der Waals surface area contributed by atoms with Crippen LogP contribution in [0.4, 0.5) is 0 Å². The smallest absolute Gasteiger partial charge is 0.185 e. The number of aromatic nitrogens is 4. The summed E-state index contributed by atoms with van der Waals surface area (Å²) >= 11 is 0. The first kappa shape index (κ1) is 17.6. The van der Waals surface area contributed by atoms with E-state index in [4.69, 9.17) is 14.6 Å². The van der Waals surface area contributed by atoms with Gasteiger partial charge >= 0.3 is 0 Å². The number of hydrogen-bond donors (Lipinski definition) is 0. The molecule has 2 aromatic heterocycles. The SMILES string of the molecule is COCc1nn2c3c(nnc2c1-c1ccc(OC)cc1)C(=O)CC(C)(C)C3. The van der Waals surface area contributed by atoms with E-state index in [0.29, 0.717) is 24.4 Å². The Labute approximate surface area is 157 Å². The van der Waals surface area contributed by atoms with E-state index in [1.807, 2.05) is 24.3 Å². The van der Waals surface area contributed by atoms with Gasteiger partial charge in [0.2, 0.25) is 0 Å². The van der Waals surface area contributed by atoms with E-state index in [-0.39, 0.29) is 11.2 Å². The summed E-state index contributed by atoms with van der Waals surface area (Å²) < 4.78 is 12.4. The molecule has 4 rings (SSSR count). The lowest BCUT2D eigenvalue weighted by Gasteiger charge is -2.29. The molecule has 0 aliphatic heterocycles. The topological polar surface area (TPSA) is 78.6 Å². The lowest BCUT2D eigenvalue weighted by molar-refractivity contribution is 0.0901. The zero-order valence-electron chi connectivity index (χ0n) is 15.9. The minimum absolute atomic E-state index is 0.0189. The van der Waals surface area contributed by atoms with E-state index >= 15 is 0 Å². The molecule has 0 saturated carbocycles. The molecule has 0 amide bonds. The molecule has 1 aromatic carbocycles. The molecule has 0 spiro atoms. The number of rotatable bonds is 4. The molecule has 0 fully saturated rings. The van der Waals surface area contributed by atoms with Crippen LogP contribution in [0.2, 0.25) is 0 Å². The second kappa shape index (κ2) is 6.42. The highest BCUT2D eigenvalue weighted by atomic mass is 16.5. The van der Waals surface area contributed by atoms with Crippen LogP contribution >= 0.6 is 0 Å². The Bertz CT molecular complexity index is 1020. The molecule has 0 N–H and O–H groups in total. The van der Waals surface area contributed by atoms with Crippen molar-refractivity contribution in [2.75, 3.05) is 14.2 Å². The van der Waals surface area contributed by atoms with Crippen molar-refractivity contribution in [3.05, 3.63) is 41.3 Å². The molecular weight excluding hydrogens is 344 g/mol. The zero-order valence-corrected chi connectivity index (χ0v) is 15.9. The number of hydrogen-bond acceptors (Lipinski definition) is 6. The number of ketones is 1. The van der Waals surface area contributed by atoms with Gasteiger partial charge in [-0.1, -0.05) is 26.0 Å². The van der Waals surface area contributed by atoms with Crippen molar-refractivity contribution in [3.63, 3.8) is 0 Å². The molecule has 140 valence electrons. The molecule has 3 aromatic rings. The van der Waals surface area contributed by atoms with Gasteiger partial charge in [-0.3, -0.25) is 4.79 Å². The molecule has 0 saturated heterocycles. The first-order valence-electron chi connectivity index (χ1n) is 8.87. The van der Waals surface area contributed by atoms with E-state index in [2.05, 4.69) is 24.0 Å². The van der Waals surface area contributed by atoms with Crippen LogP contribution < -0.4 is 4.74 Å². The highest BCUT2D eigenvalue weighted by molar-refractivity contribution is 5.97. The van der Waals surface area contributed by atoms with Gasteiger partial charge in [-0.15, -0.1) is 10.2 Å². The number of benzene rings is 1. The van der Waals surface area contributed by atoms with Crippen molar-refractivity contribution in [1.82, 2.24) is 19.8 Å². The molecule has 0 unspecified atom stereocenters. The van der Waals surface area contributed by atoms with E-state index < -0.39 is 0 Å². The van der Waals surface area contributed by atoms with Gasteiger partial charge in [0.05, 0.1) is 30.7 Å². The summed E-state index contributed by atoms with van der Waals surface area (Å²) in [6, 6.07) is 7.72.